The molecule has 0 saturated heterocycles. The SMILES string of the molecule is C/C(=N\N=C(/C)C(O)O)C(O)O. The van der Waals surface area contributed by atoms with E-state index in [0.717, 1.165) is 0 Å². The van der Waals surface area contributed by atoms with Crippen LogP contribution in [0.15, 0.2) is 10.2 Å². The molecule has 0 fully saturated rings. The summed E-state index contributed by atoms with van der Waals surface area (Å²) < 4.78 is 0. The quantitative estimate of drug-likeness (QED) is 0.237. The fourth-order valence-electron chi connectivity index (χ4n) is 0.261. The Morgan fingerprint density at radius 3 is 1.25 bits per heavy atom. The molecule has 0 rings (SSSR count). The lowest BCUT2D eigenvalue weighted by atomic mass is 10.4. The fourth-order valence-corrected chi connectivity index (χ4v) is 0.261. The van der Waals surface area contributed by atoms with Crippen molar-refractivity contribution in [2.45, 2.75) is 26.4 Å². The van der Waals surface area contributed by atoms with Crippen LogP contribution in [0.3, 0.4) is 0 Å². The summed E-state index contributed by atoms with van der Waals surface area (Å²) in [5.74, 6) is 0. The molecule has 0 aromatic rings. The summed E-state index contributed by atoms with van der Waals surface area (Å²) >= 11 is 0. The normalized spacial score (nSPS) is 14.7. The third-order valence-electron chi connectivity index (χ3n) is 1.11. The Labute approximate surface area is 69.5 Å². The fraction of sp³-hybridized carbons (Fsp3) is 0.667. The van der Waals surface area contributed by atoms with Crippen LogP contribution >= 0.6 is 0 Å². The first-order chi connectivity index (χ1) is 5.45. The Hall–Kier alpha value is -0.820. The molecule has 0 aliphatic rings. The highest BCUT2D eigenvalue weighted by atomic mass is 16.5. The van der Waals surface area contributed by atoms with Crippen LogP contribution in [0, 0.1) is 0 Å². The molecule has 6 heteroatoms. The highest BCUT2D eigenvalue weighted by Crippen LogP contribution is 1.89. The molecule has 0 radical (unpaired) electrons. The predicted octanol–water partition coefficient (Wildman–Crippen LogP) is -1.56. The minimum Gasteiger partial charge on any atom is -0.363 e. The number of hydrogen-bond donors (Lipinski definition) is 4. The maximum atomic E-state index is 8.50. The zero-order valence-corrected chi connectivity index (χ0v) is 6.84. The van der Waals surface area contributed by atoms with Gasteiger partial charge >= 0.3 is 0 Å². The van der Waals surface area contributed by atoms with Crippen molar-refractivity contribution in [3.63, 3.8) is 0 Å². The van der Waals surface area contributed by atoms with Crippen molar-refractivity contribution in [1.82, 2.24) is 0 Å². The van der Waals surface area contributed by atoms with Gasteiger partial charge in [0.05, 0.1) is 11.4 Å². The maximum absolute atomic E-state index is 8.50. The topological polar surface area (TPSA) is 106 Å². The molecule has 0 spiro atoms. The van der Waals surface area contributed by atoms with E-state index in [-0.39, 0.29) is 11.4 Å². The van der Waals surface area contributed by atoms with E-state index in [9.17, 15) is 0 Å². The van der Waals surface area contributed by atoms with Crippen LogP contribution in [-0.2, 0) is 0 Å². The Kier molecular flexibility index (Phi) is 4.60. The minimum absolute atomic E-state index is 0.0185. The Morgan fingerprint density at radius 2 is 1.08 bits per heavy atom. The molecule has 0 atom stereocenters. The largest absolute Gasteiger partial charge is 0.363 e. The molecular weight excluding hydrogens is 164 g/mol. The van der Waals surface area contributed by atoms with Crippen LogP contribution in [-0.4, -0.2) is 44.4 Å². The molecule has 0 amide bonds. The van der Waals surface area contributed by atoms with Gasteiger partial charge in [-0.2, -0.15) is 10.2 Å². The van der Waals surface area contributed by atoms with E-state index in [1.165, 1.54) is 13.8 Å². The average molecular weight is 176 g/mol. The monoisotopic (exact) mass is 176 g/mol. The second-order valence-electron chi connectivity index (χ2n) is 2.23. The molecule has 0 bridgehead atoms. The number of aliphatic hydroxyl groups excluding tert-OH is 2. The summed E-state index contributed by atoms with van der Waals surface area (Å²) in [7, 11) is 0. The van der Waals surface area contributed by atoms with Gasteiger partial charge in [0, 0.05) is 0 Å². The van der Waals surface area contributed by atoms with E-state index in [4.69, 9.17) is 20.4 Å². The zero-order valence-electron chi connectivity index (χ0n) is 6.84. The summed E-state index contributed by atoms with van der Waals surface area (Å²) in [6.07, 6.45) is -3.34. The first-order valence-corrected chi connectivity index (χ1v) is 3.26. The molecule has 0 aliphatic heterocycles. The summed E-state index contributed by atoms with van der Waals surface area (Å²) in [6.45, 7) is 2.70. The van der Waals surface area contributed by atoms with Gasteiger partial charge < -0.3 is 20.4 Å². The van der Waals surface area contributed by atoms with Gasteiger partial charge in [0.15, 0.2) is 12.6 Å². The lowest BCUT2D eigenvalue weighted by molar-refractivity contribution is 0.0171. The second kappa shape index (κ2) is 4.94. The standard InChI is InChI=1S/C6H12N2O4/c1-3(5(9)10)7-8-4(2)6(11)12/h5-6,9-12H,1-2H3/b7-3+,8-4+. The van der Waals surface area contributed by atoms with E-state index in [0.29, 0.717) is 0 Å². The van der Waals surface area contributed by atoms with Crippen molar-refractivity contribution < 1.29 is 20.4 Å². The third kappa shape index (κ3) is 4.14. The molecule has 0 unspecified atom stereocenters. The van der Waals surface area contributed by atoms with Gasteiger partial charge in [-0.15, -0.1) is 0 Å². The minimum atomic E-state index is -1.67. The number of nitrogens with zero attached hydrogens (tertiary/aromatic N) is 2. The predicted molar refractivity (Wildman–Crippen MR) is 42.7 cm³/mol. The van der Waals surface area contributed by atoms with Crippen LogP contribution in [0.4, 0.5) is 0 Å². The van der Waals surface area contributed by atoms with Crippen molar-refractivity contribution in [2.75, 3.05) is 0 Å². The molecule has 0 aromatic heterocycles. The van der Waals surface area contributed by atoms with Gasteiger partial charge in [-0.1, -0.05) is 0 Å². The Morgan fingerprint density at radius 1 is 0.833 bits per heavy atom. The lowest BCUT2D eigenvalue weighted by Gasteiger charge is -2.01. The lowest BCUT2D eigenvalue weighted by Crippen LogP contribution is -2.17. The van der Waals surface area contributed by atoms with E-state index >= 15 is 0 Å². The highest BCUT2D eigenvalue weighted by Gasteiger charge is 2.03. The van der Waals surface area contributed by atoms with Gasteiger partial charge in [-0.05, 0) is 13.8 Å². The van der Waals surface area contributed by atoms with Crippen molar-refractivity contribution in [1.29, 1.82) is 0 Å². The van der Waals surface area contributed by atoms with Crippen molar-refractivity contribution in [2.24, 2.45) is 10.2 Å². The molecule has 0 aliphatic carbocycles. The molecule has 4 N–H and O–H groups in total. The molecular formula is C6H12N2O4. The van der Waals surface area contributed by atoms with E-state index in [1.54, 1.807) is 0 Å². The first kappa shape index (κ1) is 11.2. The summed E-state index contributed by atoms with van der Waals surface area (Å²) in [5, 5.41) is 40.7. The van der Waals surface area contributed by atoms with Crippen LogP contribution < -0.4 is 0 Å². The zero-order chi connectivity index (χ0) is 9.72. The van der Waals surface area contributed by atoms with Crippen LogP contribution in [0.1, 0.15) is 13.8 Å². The second-order valence-corrected chi connectivity index (χ2v) is 2.23. The van der Waals surface area contributed by atoms with Gasteiger partial charge in [-0.3, -0.25) is 0 Å². The summed E-state index contributed by atoms with van der Waals surface area (Å²) in [6, 6.07) is 0. The van der Waals surface area contributed by atoms with Gasteiger partial charge in [0.2, 0.25) is 0 Å². The van der Waals surface area contributed by atoms with Crippen LogP contribution in [0.5, 0.6) is 0 Å². The van der Waals surface area contributed by atoms with Gasteiger partial charge in [-0.25, -0.2) is 0 Å². The molecule has 70 valence electrons. The van der Waals surface area contributed by atoms with Crippen molar-refractivity contribution in [3.8, 4) is 0 Å². The summed E-state index contributed by atoms with van der Waals surface area (Å²) in [4.78, 5) is 0. The maximum Gasteiger partial charge on any atom is 0.193 e. The van der Waals surface area contributed by atoms with E-state index in [2.05, 4.69) is 10.2 Å². The molecule has 0 saturated carbocycles. The van der Waals surface area contributed by atoms with Crippen LogP contribution in [0.25, 0.3) is 0 Å². The molecule has 0 aromatic carbocycles. The number of hydrogen-bond acceptors (Lipinski definition) is 6. The number of aliphatic hydroxyl groups is 4. The van der Waals surface area contributed by atoms with Gasteiger partial charge in [0.25, 0.3) is 0 Å². The smallest absolute Gasteiger partial charge is 0.193 e. The summed E-state index contributed by atoms with van der Waals surface area (Å²) in [5.41, 5.74) is -0.0370. The first-order valence-electron chi connectivity index (χ1n) is 3.26. The molecule has 12 heavy (non-hydrogen) atoms. The molecule has 6 nitrogen and oxygen atoms in total. The average Bonchev–Trinajstić information content (AvgIpc) is 1.98. The molecule has 0 heterocycles. The van der Waals surface area contributed by atoms with E-state index in [1.807, 2.05) is 0 Å². The van der Waals surface area contributed by atoms with Crippen LogP contribution in [0.2, 0.25) is 0 Å². The Balaban J connectivity index is 4.27. The van der Waals surface area contributed by atoms with Gasteiger partial charge in [0.1, 0.15) is 0 Å². The van der Waals surface area contributed by atoms with Crippen molar-refractivity contribution >= 4 is 11.4 Å². The van der Waals surface area contributed by atoms with E-state index < -0.39 is 12.6 Å². The number of rotatable bonds is 3. The highest BCUT2D eigenvalue weighted by molar-refractivity contribution is 5.88. The third-order valence-corrected chi connectivity index (χ3v) is 1.11. The van der Waals surface area contributed by atoms with Crippen molar-refractivity contribution in [3.05, 3.63) is 0 Å². The Bertz CT molecular complexity index is 176.